The molecule has 0 saturated heterocycles. The number of nitrogens with one attached hydrogen (secondary N) is 1. The Hall–Kier alpha value is -2.13. The first-order valence-electron chi connectivity index (χ1n) is 6.85. The van der Waals surface area contributed by atoms with E-state index in [1.807, 2.05) is 61.5 Å². The maximum atomic E-state index is 12.2. The highest BCUT2D eigenvalue weighted by molar-refractivity contribution is 5.94. The van der Waals surface area contributed by atoms with Gasteiger partial charge in [-0.05, 0) is 43.1 Å². The van der Waals surface area contributed by atoms with Gasteiger partial charge in [-0.2, -0.15) is 0 Å². The van der Waals surface area contributed by atoms with Crippen molar-refractivity contribution in [3.05, 3.63) is 71.3 Å². The lowest BCUT2D eigenvalue weighted by Gasteiger charge is -2.14. The number of hydrogen-bond acceptors (Lipinski definition) is 2. The third-order valence-corrected chi connectivity index (χ3v) is 3.30. The molecule has 0 radical (unpaired) electrons. The first kappa shape index (κ1) is 14.3. The molecule has 1 atom stereocenters. The van der Waals surface area contributed by atoms with E-state index in [0.29, 0.717) is 12.1 Å². The van der Waals surface area contributed by atoms with Crippen molar-refractivity contribution in [3.63, 3.8) is 0 Å². The van der Waals surface area contributed by atoms with Crippen LogP contribution in [0.1, 0.15) is 34.5 Å². The van der Waals surface area contributed by atoms with E-state index in [2.05, 4.69) is 5.32 Å². The molecule has 104 valence electrons. The van der Waals surface area contributed by atoms with Crippen LogP contribution in [0.3, 0.4) is 0 Å². The molecule has 0 unspecified atom stereocenters. The second-order valence-electron chi connectivity index (χ2n) is 4.84. The standard InChI is InChI=1S/C17H20N2O/c1-13(15-5-3-2-4-6-15)19-17(20)16-9-7-14(8-10-16)11-12-18/h2-10,13H,11-12,18H2,1H3,(H,19,20)/t13-/m0/s1. The molecule has 3 nitrogen and oxygen atoms in total. The molecule has 3 N–H and O–H groups in total. The van der Waals surface area contributed by atoms with Crippen molar-refractivity contribution >= 4 is 5.91 Å². The Morgan fingerprint density at radius 2 is 1.75 bits per heavy atom. The molecule has 0 bridgehead atoms. The van der Waals surface area contributed by atoms with Gasteiger partial charge in [-0.25, -0.2) is 0 Å². The van der Waals surface area contributed by atoms with Gasteiger partial charge < -0.3 is 11.1 Å². The highest BCUT2D eigenvalue weighted by Crippen LogP contribution is 2.12. The normalized spacial score (nSPS) is 11.9. The summed E-state index contributed by atoms with van der Waals surface area (Å²) in [4.78, 5) is 12.2. The molecule has 2 aromatic carbocycles. The molecule has 0 fully saturated rings. The van der Waals surface area contributed by atoms with Crippen LogP contribution in [0.4, 0.5) is 0 Å². The Morgan fingerprint density at radius 3 is 2.35 bits per heavy atom. The number of carbonyl (C=O) groups is 1. The van der Waals surface area contributed by atoms with E-state index in [1.54, 1.807) is 0 Å². The van der Waals surface area contributed by atoms with Crippen LogP contribution < -0.4 is 11.1 Å². The van der Waals surface area contributed by atoms with E-state index < -0.39 is 0 Å². The Morgan fingerprint density at radius 1 is 1.10 bits per heavy atom. The summed E-state index contributed by atoms with van der Waals surface area (Å²) in [6, 6.07) is 17.5. The fourth-order valence-electron chi connectivity index (χ4n) is 2.09. The van der Waals surface area contributed by atoms with E-state index in [1.165, 1.54) is 0 Å². The van der Waals surface area contributed by atoms with Gasteiger partial charge in [-0.1, -0.05) is 42.5 Å². The van der Waals surface area contributed by atoms with Crippen LogP contribution in [0.2, 0.25) is 0 Å². The minimum atomic E-state index is -0.0550. The Labute approximate surface area is 119 Å². The summed E-state index contributed by atoms with van der Waals surface area (Å²) in [5.74, 6) is -0.0550. The molecule has 0 spiro atoms. The fraction of sp³-hybridized carbons (Fsp3) is 0.235. The Balaban J connectivity index is 2.01. The Bertz CT molecular complexity index is 549. The van der Waals surface area contributed by atoms with E-state index in [4.69, 9.17) is 5.73 Å². The molecule has 20 heavy (non-hydrogen) atoms. The predicted molar refractivity (Wildman–Crippen MR) is 81.5 cm³/mol. The molecule has 0 aliphatic rings. The van der Waals surface area contributed by atoms with Gasteiger partial charge in [0.25, 0.3) is 5.91 Å². The maximum Gasteiger partial charge on any atom is 0.251 e. The lowest BCUT2D eigenvalue weighted by Crippen LogP contribution is -2.26. The maximum absolute atomic E-state index is 12.2. The minimum Gasteiger partial charge on any atom is -0.346 e. The summed E-state index contributed by atoms with van der Waals surface area (Å²) in [7, 11) is 0. The highest BCUT2D eigenvalue weighted by atomic mass is 16.1. The third-order valence-electron chi connectivity index (χ3n) is 3.30. The quantitative estimate of drug-likeness (QED) is 0.876. The van der Waals surface area contributed by atoms with Crippen LogP contribution in [-0.2, 0) is 6.42 Å². The van der Waals surface area contributed by atoms with Crippen LogP contribution in [0.5, 0.6) is 0 Å². The monoisotopic (exact) mass is 268 g/mol. The number of nitrogens with two attached hydrogens (primary N) is 1. The zero-order valence-corrected chi connectivity index (χ0v) is 11.7. The summed E-state index contributed by atoms with van der Waals surface area (Å²) < 4.78 is 0. The smallest absolute Gasteiger partial charge is 0.251 e. The lowest BCUT2D eigenvalue weighted by molar-refractivity contribution is 0.0940. The summed E-state index contributed by atoms with van der Waals surface area (Å²) >= 11 is 0. The van der Waals surface area contributed by atoms with Gasteiger partial charge in [0.2, 0.25) is 0 Å². The molecule has 1 amide bonds. The third kappa shape index (κ3) is 3.68. The van der Waals surface area contributed by atoms with Gasteiger partial charge in [-0.3, -0.25) is 4.79 Å². The molecular weight excluding hydrogens is 248 g/mol. The molecule has 0 aliphatic carbocycles. The van der Waals surface area contributed by atoms with Gasteiger partial charge in [0.1, 0.15) is 0 Å². The van der Waals surface area contributed by atoms with Crippen LogP contribution in [0, 0.1) is 0 Å². The number of hydrogen-bond donors (Lipinski definition) is 2. The molecule has 3 heteroatoms. The molecule has 2 rings (SSSR count). The first-order chi connectivity index (χ1) is 9.70. The van der Waals surface area contributed by atoms with Gasteiger partial charge in [0, 0.05) is 5.56 Å². The average Bonchev–Trinajstić information content (AvgIpc) is 2.49. The van der Waals surface area contributed by atoms with Gasteiger partial charge >= 0.3 is 0 Å². The van der Waals surface area contributed by atoms with Crippen molar-refractivity contribution in [1.29, 1.82) is 0 Å². The lowest BCUT2D eigenvalue weighted by atomic mass is 10.1. The van der Waals surface area contributed by atoms with Crippen molar-refractivity contribution in [2.45, 2.75) is 19.4 Å². The molecule has 2 aromatic rings. The summed E-state index contributed by atoms with van der Waals surface area (Å²) in [6.07, 6.45) is 0.836. The number of amides is 1. The first-order valence-corrected chi connectivity index (χ1v) is 6.85. The number of rotatable bonds is 5. The molecule has 0 saturated carbocycles. The van der Waals surface area contributed by atoms with Crippen LogP contribution in [0.25, 0.3) is 0 Å². The van der Waals surface area contributed by atoms with Crippen molar-refractivity contribution in [3.8, 4) is 0 Å². The zero-order valence-electron chi connectivity index (χ0n) is 11.7. The minimum absolute atomic E-state index is 0.00702. The van der Waals surface area contributed by atoms with Crippen molar-refractivity contribution in [1.82, 2.24) is 5.32 Å². The SMILES string of the molecule is C[C@H](NC(=O)c1ccc(CCN)cc1)c1ccccc1. The topological polar surface area (TPSA) is 55.1 Å². The molecule has 0 aliphatic heterocycles. The fourth-order valence-corrected chi connectivity index (χ4v) is 2.09. The predicted octanol–water partition coefficient (Wildman–Crippen LogP) is 2.68. The Kier molecular flexibility index (Phi) is 4.91. The highest BCUT2D eigenvalue weighted by Gasteiger charge is 2.10. The summed E-state index contributed by atoms with van der Waals surface area (Å²) in [5.41, 5.74) is 8.43. The van der Waals surface area contributed by atoms with E-state index in [-0.39, 0.29) is 11.9 Å². The van der Waals surface area contributed by atoms with Crippen LogP contribution >= 0.6 is 0 Å². The van der Waals surface area contributed by atoms with Gasteiger partial charge in [0.15, 0.2) is 0 Å². The van der Waals surface area contributed by atoms with E-state index in [9.17, 15) is 4.79 Å². The van der Waals surface area contributed by atoms with Crippen molar-refractivity contribution in [2.24, 2.45) is 5.73 Å². The second kappa shape index (κ2) is 6.87. The van der Waals surface area contributed by atoms with E-state index >= 15 is 0 Å². The van der Waals surface area contributed by atoms with Crippen molar-refractivity contribution in [2.75, 3.05) is 6.54 Å². The molecular formula is C17H20N2O. The van der Waals surface area contributed by atoms with Crippen LogP contribution in [-0.4, -0.2) is 12.5 Å². The van der Waals surface area contributed by atoms with Crippen molar-refractivity contribution < 1.29 is 4.79 Å². The summed E-state index contributed by atoms with van der Waals surface area (Å²) in [5, 5.41) is 3.00. The van der Waals surface area contributed by atoms with E-state index in [0.717, 1.165) is 17.5 Å². The van der Waals surface area contributed by atoms with Gasteiger partial charge in [-0.15, -0.1) is 0 Å². The number of benzene rings is 2. The largest absolute Gasteiger partial charge is 0.346 e. The second-order valence-corrected chi connectivity index (χ2v) is 4.84. The number of carbonyl (C=O) groups excluding carboxylic acids is 1. The summed E-state index contributed by atoms with van der Waals surface area (Å²) in [6.45, 7) is 2.60. The van der Waals surface area contributed by atoms with Crippen LogP contribution in [0.15, 0.2) is 54.6 Å². The molecule has 0 heterocycles. The zero-order chi connectivity index (χ0) is 14.4. The molecule has 0 aromatic heterocycles. The van der Waals surface area contributed by atoms with Gasteiger partial charge in [0.05, 0.1) is 6.04 Å². The average molecular weight is 268 g/mol.